The third kappa shape index (κ3) is 5.66. The molecular weight excluding hydrogens is 300 g/mol. The van der Waals surface area contributed by atoms with Gasteiger partial charge in [-0.3, -0.25) is 0 Å². The van der Waals surface area contributed by atoms with E-state index in [0.717, 1.165) is 18.8 Å². The first-order valence-electron chi connectivity index (χ1n) is 9.05. The van der Waals surface area contributed by atoms with Gasteiger partial charge in [0.15, 0.2) is 6.29 Å². The van der Waals surface area contributed by atoms with Crippen LogP contribution in [0.3, 0.4) is 0 Å². The predicted molar refractivity (Wildman–Crippen MR) is 84.8 cm³/mol. The van der Waals surface area contributed by atoms with E-state index in [0.29, 0.717) is 6.61 Å². The molecule has 0 unspecified atom stereocenters. The Morgan fingerprint density at radius 2 is 1.61 bits per heavy atom. The largest absolute Gasteiger partial charge is 0.394 e. The summed E-state index contributed by atoms with van der Waals surface area (Å²) in [6, 6.07) is 0. The first-order valence-corrected chi connectivity index (χ1v) is 9.05. The molecule has 5 atom stereocenters. The Morgan fingerprint density at radius 3 is 2.30 bits per heavy atom. The fourth-order valence-electron chi connectivity index (χ4n) is 3.59. The third-order valence-corrected chi connectivity index (χ3v) is 5.11. The van der Waals surface area contributed by atoms with Gasteiger partial charge in [0.1, 0.15) is 24.4 Å². The highest BCUT2D eigenvalue weighted by Crippen LogP contribution is 2.28. The van der Waals surface area contributed by atoms with Crippen molar-refractivity contribution in [1.29, 1.82) is 0 Å². The van der Waals surface area contributed by atoms with Crippen LogP contribution < -0.4 is 0 Å². The summed E-state index contributed by atoms with van der Waals surface area (Å²) in [4.78, 5) is 0. The molecule has 6 heteroatoms. The Labute approximate surface area is 138 Å². The number of ether oxygens (including phenoxy) is 2. The van der Waals surface area contributed by atoms with Crippen molar-refractivity contribution in [1.82, 2.24) is 0 Å². The van der Waals surface area contributed by atoms with Crippen molar-refractivity contribution in [2.24, 2.45) is 5.92 Å². The van der Waals surface area contributed by atoms with E-state index in [1.165, 1.54) is 44.9 Å². The van der Waals surface area contributed by atoms with Crippen molar-refractivity contribution in [2.45, 2.75) is 88.5 Å². The molecule has 0 aromatic heterocycles. The normalized spacial score (nSPS) is 36.3. The molecule has 2 fully saturated rings. The van der Waals surface area contributed by atoms with Gasteiger partial charge >= 0.3 is 0 Å². The van der Waals surface area contributed by atoms with Gasteiger partial charge in [-0.15, -0.1) is 0 Å². The summed E-state index contributed by atoms with van der Waals surface area (Å²) >= 11 is 0. The monoisotopic (exact) mass is 332 g/mol. The minimum absolute atomic E-state index is 0.424. The summed E-state index contributed by atoms with van der Waals surface area (Å²) < 4.78 is 10.8. The van der Waals surface area contributed by atoms with E-state index in [-0.39, 0.29) is 0 Å². The molecule has 4 N–H and O–H groups in total. The second kappa shape index (κ2) is 9.91. The Morgan fingerprint density at radius 1 is 0.870 bits per heavy atom. The summed E-state index contributed by atoms with van der Waals surface area (Å²) in [5.74, 6) is 0.898. The van der Waals surface area contributed by atoms with Gasteiger partial charge in [0.2, 0.25) is 0 Å². The van der Waals surface area contributed by atoms with E-state index in [4.69, 9.17) is 14.6 Å². The van der Waals surface area contributed by atoms with Gasteiger partial charge in [-0.2, -0.15) is 0 Å². The summed E-state index contributed by atoms with van der Waals surface area (Å²) in [6.07, 6.45) is 5.46. The van der Waals surface area contributed by atoms with Gasteiger partial charge < -0.3 is 29.9 Å². The first kappa shape index (κ1) is 19.1. The SMILES string of the molecule is OC[C@H]1O[C@@H](OCCCCCC2CCCCC2)[C@H](O)[C@@H](O)[C@@H]1O. The smallest absolute Gasteiger partial charge is 0.186 e. The van der Waals surface area contributed by atoms with Gasteiger partial charge in [-0.05, 0) is 12.3 Å². The van der Waals surface area contributed by atoms with Gasteiger partial charge in [0.25, 0.3) is 0 Å². The predicted octanol–water partition coefficient (Wildman–Crippen LogP) is 0.944. The summed E-state index contributed by atoms with van der Waals surface area (Å²) in [6.45, 7) is 0.0134. The highest BCUT2D eigenvalue weighted by Gasteiger charge is 2.43. The van der Waals surface area contributed by atoms with Crippen LogP contribution >= 0.6 is 0 Å². The number of aliphatic hydroxyl groups is 4. The van der Waals surface area contributed by atoms with E-state index in [2.05, 4.69) is 0 Å². The topological polar surface area (TPSA) is 99.4 Å². The van der Waals surface area contributed by atoms with Crippen LogP contribution in [0.1, 0.15) is 57.8 Å². The van der Waals surface area contributed by atoms with Crippen molar-refractivity contribution in [3.63, 3.8) is 0 Å². The molecule has 6 nitrogen and oxygen atoms in total. The Balaban J connectivity index is 1.57. The standard InChI is InChI=1S/C17H32O6/c18-11-13-14(19)15(20)16(21)17(23-13)22-10-6-2-5-9-12-7-3-1-4-8-12/h12-21H,1-11H2/t13-,14-,15+,16-,17-/m1/s1. The van der Waals surface area contributed by atoms with E-state index >= 15 is 0 Å². The second-order valence-electron chi connectivity index (χ2n) is 6.92. The van der Waals surface area contributed by atoms with Crippen LogP contribution in [0.2, 0.25) is 0 Å². The molecule has 2 rings (SSSR count). The van der Waals surface area contributed by atoms with Crippen molar-refractivity contribution in [3.8, 4) is 0 Å². The summed E-state index contributed by atoms with van der Waals surface area (Å²) in [5.41, 5.74) is 0. The second-order valence-corrected chi connectivity index (χ2v) is 6.92. The lowest BCUT2D eigenvalue weighted by Gasteiger charge is -2.39. The molecule has 0 spiro atoms. The highest BCUT2D eigenvalue weighted by atomic mass is 16.7. The van der Waals surface area contributed by atoms with Crippen LogP contribution in [-0.2, 0) is 9.47 Å². The van der Waals surface area contributed by atoms with Crippen LogP contribution in [0, 0.1) is 5.92 Å². The molecule has 0 bridgehead atoms. The highest BCUT2D eigenvalue weighted by molar-refractivity contribution is 4.88. The van der Waals surface area contributed by atoms with Crippen molar-refractivity contribution < 1.29 is 29.9 Å². The average molecular weight is 332 g/mol. The van der Waals surface area contributed by atoms with E-state index in [1.807, 2.05) is 0 Å². The summed E-state index contributed by atoms with van der Waals surface area (Å²) in [5, 5.41) is 38.3. The molecule has 0 amide bonds. The minimum atomic E-state index is -1.36. The zero-order valence-corrected chi connectivity index (χ0v) is 13.8. The number of unbranched alkanes of at least 4 members (excludes halogenated alkanes) is 2. The molecule has 2 aliphatic rings. The molecule has 136 valence electrons. The van der Waals surface area contributed by atoms with Gasteiger partial charge in [0, 0.05) is 6.61 Å². The lowest BCUT2D eigenvalue weighted by Crippen LogP contribution is -2.59. The number of hydrogen-bond donors (Lipinski definition) is 4. The molecule has 1 aliphatic heterocycles. The average Bonchev–Trinajstić information content (AvgIpc) is 2.58. The Kier molecular flexibility index (Phi) is 8.23. The Bertz CT molecular complexity index is 318. The van der Waals surface area contributed by atoms with Crippen molar-refractivity contribution in [3.05, 3.63) is 0 Å². The maximum Gasteiger partial charge on any atom is 0.186 e. The zero-order valence-electron chi connectivity index (χ0n) is 13.8. The number of aliphatic hydroxyl groups excluding tert-OH is 4. The Hall–Kier alpha value is -0.240. The number of hydrogen-bond acceptors (Lipinski definition) is 6. The van der Waals surface area contributed by atoms with Crippen LogP contribution in [0.15, 0.2) is 0 Å². The lowest BCUT2D eigenvalue weighted by atomic mass is 9.86. The quantitative estimate of drug-likeness (QED) is 0.494. The van der Waals surface area contributed by atoms with Crippen LogP contribution in [0.4, 0.5) is 0 Å². The van der Waals surface area contributed by atoms with E-state index in [9.17, 15) is 15.3 Å². The molecular formula is C17H32O6. The zero-order chi connectivity index (χ0) is 16.7. The molecule has 23 heavy (non-hydrogen) atoms. The van der Waals surface area contributed by atoms with Gasteiger partial charge in [-0.25, -0.2) is 0 Å². The summed E-state index contributed by atoms with van der Waals surface area (Å²) in [7, 11) is 0. The van der Waals surface area contributed by atoms with Crippen molar-refractivity contribution in [2.75, 3.05) is 13.2 Å². The van der Waals surface area contributed by atoms with Gasteiger partial charge in [0.05, 0.1) is 6.61 Å². The van der Waals surface area contributed by atoms with Crippen molar-refractivity contribution >= 4 is 0 Å². The fourth-order valence-corrected chi connectivity index (χ4v) is 3.59. The molecule has 1 saturated heterocycles. The van der Waals surface area contributed by atoms with Crippen LogP contribution in [0.5, 0.6) is 0 Å². The fraction of sp³-hybridized carbons (Fsp3) is 1.00. The maximum atomic E-state index is 9.85. The molecule has 0 aromatic rings. The molecule has 0 radical (unpaired) electrons. The lowest BCUT2D eigenvalue weighted by molar-refractivity contribution is -0.301. The third-order valence-electron chi connectivity index (χ3n) is 5.11. The molecule has 1 aliphatic carbocycles. The molecule has 1 heterocycles. The van der Waals surface area contributed by atoms with Crippen LogP contribution in [-0.4, -0.2) is 64.3 Å². The van der Waals surface area contributed by atoms with Crippen LogP contribution in [0.25, 0.3) is 0 Å². The van der Waals surface area contributed by atoms with E-state index in [1.54, 1.807) is 0 Å². The van der Waals surface area contributed by atoms with Gasteiger partial charge in [-0.1, -0.05) is 51.4 Å². The molecule has 1 saturated carbocycles. The minimum Gasteiger partial charge on any atom is -0.394 e. The van der Waals surface area contributed by atoms with E-state index < -0.39 is 37.3 Å². The molecule has 0 aromatic carbocycles. The number of rotatable bonds is 8. The maximum absolute atomic E-state index is 9.85. The first-order chi connectivity index (χ1) is 11.1.